The Balaban J connectivity index is 2.26. The van der Waals surface area contributed by atoms with Gasteiger partial charge in [0.15, 0.2) is 0 Å². The summed E-state index contributed by atoms with van der Waals surface area (Å²) in [6.07, 6.45) is 2.75. The molecule has 0 saturated heterocycles. The maximum atomic E-state index is 12.7. The number of carbonyl (C=O) groups excluding carboxylic acids is 1. The largest absolute Gasteiger partial charge is 0.330 e. The van der Waals surface area contributed by atoms with E-state index in [1.165, 1.54) is 16.4 Å². The number of nitrogens with one attached hydrogen (secondary N) is 1. The van der Waals surface area contributed by atoms with Crippen molar-refractivity contribution in [2.45, 2.75) is 38.0 Å². The molecule has 0 unspecified atom stereocenters. The minimum Gasteiger partial charge on any atom is -0.330 e. The first-order valence-electron chi connectivity index (χ1n) is 8.65. The van der Waals surface area contributed by atoms with Crippen molar-refractivity contribution in [3.05, 3.63) is 23.2 Å². The smallest absolute Gasteiger partial charge is 0.244 e. The molecule has 0 aliphatic heterocycles. The number of hydrogen-bond acceptors (Lipinski definition) is 4. The lowest BCUT2D eigenvalue weighted by atomic mass is 9.95. The van der Waals surface area contributed by atoms with Crippen molar-refractivity contribution in [3.63, 3.8) is 0 Å². The van der Waals surface area contributed by atoms with Gasteiger partial charge in [0.2, 0.25) is 15.9 Å². The molecule has 0 aromatic heterocycles. The van der Waals surface area contributed by atoms with Crippen LogP contribution in [-0.2, 0) is 14.8 Å². The minimum absolute atomic E-state index is 0.0115. The van der Waals surface area contributed by atoms with Gasteiger partial charge in [-0.25, -0.2) is 8.42 Å². The average molecular weight is 388 g/mol. The van der Waals surface area contributed by atoms with Crippen molar-refractivity contribution >= 4 is 33.2 Å². The lowest BCUT2D eigenvalue weighted by Gasteiger charge is -2.21. The van der Waals surface area contributed by atoms with E-state index in [4.69, 9.17) is 17.3 Å². The molecule has 0 radical (unpaired) electrons. The molecule has 3 N–H and O–H groups in total. The van der Waals surface area contributed by atoms with Crippen LogP contribution in [0.2, 0.25) is 5.02 Å². The number of amides is 1. The predicted molar refractivity (Wildman–Crippen MR) is 100 cm³/mol. The molecule has 1 saturated carbocycles. The molecule has 2 rings (SSSR count). The summed E-state index contributed by atoms with van der Waals surface area (Å²) >= 11 is 6.11. The molecule has 1 fully saturated rings. The van der Waals surface area contributed by atoms with Gasteiger partial charge in [0, 0.05) is 24.7 Å². The quantitative estimate of drug-likeness (QED) is 0.752. The highest BCUT2D eigenvalue weighted by Crippen LogP contribution is 2.33. The van der Waals surface area contributed by atoms with Crippen molar-refractivity contribution in [2.24, 2.45) is 17.6 Å². The molecule has 1 aromatic carbocycles. The third-order valence-corrected chi connectivity index (χ3v) is 7.35. The maximum Gasteiger partial charge on any atom is 0.244 e. The molecule has 1 aliphatic rings. The Kier molecular flexibility index (Phi) is 6.85. The number of anilines is 1. The van der Waals surface area contributed by atoms with Gasteiger partial charge in [-0.1, -0.05) is 31.9 Å². The first kappa shape index (κ1) is 20.2. The summed E-state index contributed by atoms with van der Waals surface area (Å²) in [6, 6.07) is 4.55. The van der Waals surface area contributed by atoms with E-state index < -0.39 is 10.0 Å². The Bertz CT molecular complexity index is 720. The van der Waals surface area contributed by atoms with Gasteiger partial charge in [0.1, 0.15) is 4.90 Å². The first-order chi connectivity index (χ1) is 11.8. The number of sulfonamides is 1. The summed E-state index contributed by atoms with van der Waals surface area (Å²) in [5.74, 6) is -0.0452. The normalized spacial score (nSPS) is 20.8. The van der Waals surface area contributed by atoms with Gasteiger partial charge in [0.25, 0.3) is 0 Å². The number of carbonyl (C=O) groups is 1. The zero-order valence-corrected chi connectivity index (χ0v) is 16.2. The highest BCUT2D eigenvalue weighted by atomic mass is 35.5. The van der Waals surface area contributed by atoms with E-state index in [1.807, 2.05) is 0 Å². The molecule has 1 amide bonds. The lowest BCUT2D eigenvalue weighted by Crippen LogP contribution is -2.31. The van der Waals surface area contributed by atoms with Crippen LogP contribution in [-0.4, -0.2) is 38.3 Å². The molecule has 2 atom stereocenters. The van der Waals surface area contributed by atoms with Crippen LogP contribution in [0.5, 0.6) is 0 Å². The summed E-state index contributed by atoms with van der Waals surface area (Å²) in [6.45, 7) is 4.74. The van der Waals surface area contributed by atoms with Gasteiger partial charge in [-0.05, 0) is 43.5 Å². The topological polar surface area (TPSA) is 92.5 Å². The second-order valence-electron chi connectivity index (χ2n) is 6.26. The number of hydrogen-bond donors (Lipinski definition) is 2. The first-order valence-corrected chi connectivity index (χ1v) is 10.5. The molecule has 6 nitrogen and oxygen atoms in total. The number of nitrogens with two attached hydrogens (primary N) is 1. The Morgan fingerprint density at radius 2 is 2.00 bits per heavy atom. The lowest BCUT2D eigenvalue weighted by molar-refractivity contribution is -0.120. The van der Waals surface area contributed by atoms with E-state index in [2.05, 4.69) is 5.32 Å². The fraction of sp³-hybridized carbons (Fsp3) is 0.588. The fourth-order valence-electron chi connectivity index (χ4n) is 3.38. The van der Waals surface area contributed by atoms with Gasteiger partial charge < -0.3 is 11.1 Å². The van der Waals surface area contributed by atoms with Gasteiger partial charge in [-0.15, -0.1) is 0 Å². The van der Waals surface area contributed by atoms with Crippen molar-refractivity contribution in [2.75, 3.05) is 25.0 Å². The Morgan fingerprint density at radius 3 is 2.60 bits per heavy atom. The number of rotatable bonds is 7. The Labute approximate surface area is 154 Å². The number of benzene rings is 1. The maximum absolute atomic E-state index is 12.7. The van der Waals surface area contributed by atoms with Crippen molar-refractivity contribution < 1.29 is 13.2 Å². The molecule has 0 spiro atoms. The van der Waals surface area contributed by atoms with Crippen molar-refractivity contribution in [1.82, 2.24) is 4.31 Å². The van der Waals surface area contributed by atoms with Crippen LogP contribution in [0.25, 0.3) is 0 Å². The molecule has 140 valence electrons. The van der Waals surface area contributed by atoms with Crippen LogP contribution < -0.4 is 11.1 Å². The second kappa shape index (κ2) is 8.49. The predicted octanol–water partition coefficient (Wildman–Crippen LogP) is 2.68. The van der Waals surface area contributed by atoms with E-state index >= 15 is 0 Å². The van der Waals surface area contributed by atoms with E-state index in [-0.39, 0.29) is 27.7 Å². The highest BCUT2D eigenvalue weighted by Gasteiger charge is 2.32. The van der Waals surface area contributed by atoms with E-state index in [9.17, 15) is 13.2 Å². The third-order valence-electron chi connectivity index (χ3n) is 4.82. The zero-order chi connectivity index (χ0) is 18.6. The fourth-order valence-corrected chi connectivity index (χ4v) is 5.34. The Morgan fingerprint density at radius 1 is 1.32 bits per heavy atom. The molecule has 0 bridgehead atoms. The van der Waals surface area contributed by atoms with Crippen LogP contribution in [0.3, 0.4) is 0 Å². The van der Waals surface area contributed by atoms with Crippen LogP contribution >= 0.6 is 11.6 Å². The van der Waals surface area contributed by atoms with Crippen LogP contribution in [0, 0.1) is 11.8 Å². The average Bonchev–Trinajstić information content (AvgIpc) is 3.06. The molecule has 0 heterocycles. The third kappa shape index (κ3) is 4.34. The van der Waals surface area contributed by atoms with Gasteiger partial charge in [-0.2, -0.15) is 4.31 Å². The summed E-state index contributed by atoms with van der Waals surface area (Å²) in [5.41, 5.74) is 6.17. The van der Waals surface area contributed by atoms with E-state index in [1.54, 1.807) is 19.9 Å². The Hall–Kier alpha value is -1.15. The SMILES string of the molecule is CCN(CC)S(=O)(=O)c1cc(NC(=O)[C@@H]2CCC[C@@H]2CN)ccc1Cl. The second-order valence-corrected chi connectivity index (χ2v) is 8.57. The number of halogens is 1. The number of nitrogens with zero attached hydrogens (tertiary/aromatic N) is 1. The van der Waals surface area contributed by atoms with Crippen LogP contribution in [0.1, 0.15) is 33.1 Å². The molecular formula is C17H26ClN3O3S. The van der Waals surface area contributed by atoms with Crippen LogP contribution in [0.15, 0.2) is 23.1 Å². The minimum atomic E-state index is -3.69. The van der Waals surface area contributed by atoms with Crippen molar-refractivity contribution in [3.8, 4) is 0 Å². The monoisotopic (exact) mass is 387 g/mol. The standard InChI is InChI=1S/C17H26ClN3O3S/c1-3-21(4-2)25(23,24)16-10-13(8-9-15(16)18)20-17(22)14-7-5-6-12(14)11-19/h8-10,12,14H,3-7,11,19H2,1-2H3,(H,20,22)/t12-,14-/m1/s1. The molecule has 25 heavy (non-hydrogen) atoms. The van der Waals surface area contributed by atoms with E-state index in [0.717, 1.165) is 19.3 Å². The van der Waals surface area contributed by atoms with Crippen LogP contribution in [0.4, 0.5) is 5.69 Å². The van der Waals surface area contributed by atoms with Gasteiger partial charge in [-0.3, -0.25) is 4.79 Å². The molecular weight excluding hydrogens is 362 g/mol. The molecule has 8 heteroatoms. The summed E-state index contributed by atoms with van der Waals surface area (Å²) in [7, 11) is -3.69. The molecule has 1 aromatic rings. The molecule has 1 aliphatic carbocycles. The zero-order valence-electron chi connectivity index (χ0n) is 14.7. The highest BCUT2D eigenvalue weighted by molar-refractivity contribution is 7.89. The van der Waals surface area contributed by atoms with Gasteiger partial charge >= 0.3 is 0 Å². The van der Waals surface area contributed by atoms with Gasteiger partial charge in [0.05, 0.1) is 5.02 Å². The summed E-state index contributed by atoms with van der Waals surface area (Å²) in [5, 5.41) is 2.97. The summed E-state index contributed by atoms with van der Waals surface area (Å²) in [4.78, 5) is 12.5. The van der Waals surface area contributed by atoms with Crippen molar-refractivity contribution in [1.29, 1.82) is 0 Å². The van der Waals surface area contributed by atoms with E-state index in [0.29, 0.717) is 25.3 Å². The summed E-state index contributed by atoms with van der Waals surface area (Å²) < 4.78 is 26.8.